The van der Waals surface area contributed by atoms with Gasteiger partial charge in [-0.3, -0.25) is 0 Å². The van der Waals surface area contributed by atoms with Crippen LogP contribution in [-0.2, 0) is 9.53 Å². The molecule has 0 aromatic heterocycles. The summed E-state index contributed by atoms with van der Waals surface area (Å²) < 4.78 is 4.13. The van der Waals surface area contributed by atoms with Gasteiger partial charge in [-0.05, 0) is 0 Å². The van der Waals surface area contributed by atoms with Crippen LogP contribution in [0.15, 0.2) is 54.6 Å². The summed E-state index contributed by atoms with van der Waals surface area (Å²) in [6.07, 6.45) is 0. The Kier molecular flexibility index (Phi) is 4.16. The summed E-state index contributed by atoms with van der Waals surface area (Å²) in [5, 5.41) is 0. The number of ether oxygens (including phenoxy) is 1. The van der Waals surface area contributed by atoms with E-state index in [1.54, 1.807) is 55.5 Å². The number of carbonyl (C=O) groups is 3. The standard InChI is InChI=1S/C18H14O4Se/c1-2-22-17(21)18(15(19)12-8-4-3-5-9-12)16(20)13-10-6-7-11-14(13)23-18/h3-11H,2H2,1H3. The summed E-state index contributed by atoms with van der Waals surface area (Å²) >= 11 is -0.639. The Balaban J connectivity index is 2.13. The Labute approximate surface area is 140 Å². The van der Waals surface area contributed by atoms with Gasteiger partial charge < -0.3 is 0 Å². The summed E-state index contributed by atoms with van der Waals surface area (Å²) in [4.78, 5) is 38.6. The molecule has 2 aromatic rings. The molecule has 1 unspecified atom stereocenters. The van der Waals surface area contributed by atoms with E-state index < -0.39 is 36.8 Å². The molecular formula is C18H14O4Se. The SMILES string of the molecule is CCOC(=O)C1(C(=O)c2ccccc2)[Se]c2ccccc2C1=O. The summed E-state index contributed by atoms with van der Waals surface area (Å²) in [6.45, 7) is 1.79. The van der Waals surface area contributed by atoms with Gasteiger partial charge in [-0.1, -0.05) is 0 Å². The molecule has 0 fully saturated rings. The zero-order valence-corrected chi connectivity index (χ0v) is 14.2. The predicted octanol–water partition coefficient (Wildman–Crippen LogP) is 1.82. The zero-order valence-electron chi connectivity index (χ0n) is 12.4. The fourth-order valence-electron chi connectivity index (χ4n) is 2.55. The number of hydrogen-bond donors (Lipinski definition) is 0. The van der Waals surface area contributed by atoms with Gasteiger partial charge in [0.15, 0.2) is 0 Å². The van der Waals surface area contributed by atoms with Gasteiger partial charge >= 0.3 is 140 Å². The van der Waals surface area contributed by atoms with Gasteiger partial charge in [0, 0.05) is 0 Å². The third-order valence-electron chi connectivity index (χ3n) is 3.63. The molecule has 0 amide bonds. The maximum absolute atomic E-state index is 13.1. The van der Waals surface area contributed by atoms with E-state index >= 15 is 0 Å². The van der Waals surface area contributed by atoms with Crippen LogP contribution in [0, 0.1) is 0 Å². The van der Waals surface area contributed by atoms with Crippen LogP contribution >= 0.6 is 0 Å². The van der Waals surface area contributed by atoms with Crippen LogP contribution in [0.1, 0.15) is 27.6 Å². The molecule has 23 heavy (non-hydrogen) atoms. The van der Waals surface area contributed by atoms with E-state index in [0.717, 1.165) is 4.46 Å². The van der Waals surface area contributed by atoms with Gasteiger partial charge in [0.1, 0.15) is 0 Å². The van der Waals surface area contributed by atoms with E-state index in [9.17, 15) is 14.4 Å². The molecule has 4 nitrogen and oxygen atoms in total. The normalized spacial score (nSPS) is 19.3. The first-order valence-electron chi connectivity index (χ1n) is 7.21. The van der Waals surface area contributed by atoms with Crippen molar-refractivity contribution >= 4 is 37.0 Å². The summed E-state index contributed by atoms with van der Waals surface area (Å²) in [7, 11) is 0. The fraction of sp³-hybridized carbons (Fsp3) is 0.167. The number of carbonyl (C=O) groups excluding carboxylic acids is 3. The zero-order chi connectivity index (χ0) is 16.4. The van der Waals surface area contributed by atoms with Crippen molar-refractivity contribution in [3.05, 3.63) is 65.7 Å². The molecule has 1 atom stereocenters. The molecule has 2 aromatic carbocycles. The molecule has 0 spiro atoms. The molecule has 1 aliphatic heterocycles. The van der Waals surface area contributed by atoms with Crippen LogP contribution in [0.25, 0.3) is 0 Å². The number of fused-ring (bicyclic) bond motifs is 1. The van der Waals surface area contributed by atoms with Gasteiger partial charge in [-0.15, -0.1) is 0 Å². The van der Waals surface area contributed by atoms with Crippen molar-refractivity contribution in [2.45, 2.75) is 11.2 Å². The molecule has 0 saturated carbocycles. The van der Waals surface area contributed by atoms with E-state index in [0.29, 0.717) is 11.1 Å². The number of ketones is 2. The number of benzene rings is 2. The molecule has 1 heterocycles. The third-order valence-corrected chi connectivity index (χ3v) is 6.61. The van der Waals surface area contributed by atoms with Crippen LogP contribution in [-0.4, -0.2) is 39.1 Å². The summed E-state index contributed by atoms with van der Waals surface area (Å²) in [6, 6.07) is 15.5. The molecule has 0 aliphatic carbocycles. The molecule has 0 N–H and O–H groups in total. The minimum atomic E-state index is -1.74. The monoisotopic (exact) mass is 374 g/mol. The fourth-order valence-corrected chi connectivity index (χ4v) is 5.28. The number of hydrogen-bond acceptors (Lipinski definition) is 4. The average molecular weight is 373 g/mol. The second-order valence-electron chi connectivity index (χ2n) is 5.02. The van der Waals surface area contributed by atoms with Crippen molar-refractivity contribution in [1.29, 1.82) is 0 Å². The van der Waals surface area contributed by atoms with Crippen molar-refractivity contribution < 1.29 is 19.1 Å². The number of esters is 1. The number of Topliss-reactive ketones (excluding diaryl/α,β-unsaturated/α-hetero) is 2. The Hall–Kier alpha value is -2.23. The van der Waals surface area contributed by atoms with Crippen molar-refractivity contribution in [1.82, 2.24) is 0 Å². The van der Waals surface area contributed by atoms with E-state index in [1.807, 2.05) is 6.07 Å². The molecule has 0 bridgehead atoms. The Morgan fingerprint density at radius 1 is 1.04 bits per heavy atom. The van der Waals surface area contributed by atoms with Gasteiger partial charge in [0.2, 0.25) is 0 Å². The van der Waals surface area contributed by atoms with Crippen LogP contribution in [0.4, 0.5) is 0 Å². The Morgan fingerprint density at radius 2 is 1.70 bits per heavy atom. The first-order valence-corrected chi connectivity index (χ1v) is 8.92. The number of rotatable bonds is 4. The van der Waals surface area contributed by atoms with Crippen molar-refractivity contribution in [2.24, 2.45) is 0 Å². The molecule has 0 radical (unpaired) electrons. The van der Waals surface area contributed by atoms with E-state index in [4.69, 9.17) is 4.74 Å². The first kappa shape index (κ1) is 15.7. The molecule has 0 saturated heterocycles. The van der Waals surface area contributed by atoms with Crippen molar-refractivity contribution in [3.8, 4) is 0 Å². The van der Waals surface area contributed by atoms with Gasteiger partial charge in [0.05, 0.1) is 0 Å². The van der Waals surface area contributed by atoms with Crippen LogP contribution < -0.4 is 4.46 Å². The predicted molar refractivity (Wildman–Crippen MR) is 86.3 cm³/mol. The molecule has 1 aliphatic rings. The van der Waals surface area contributed by atoms with Crippen LogP contribution in [0.5, 0.6) is 0 Å². The van der Waals surface area contributed by atoms with Gasteiger partial charge in [0.25, 0.3) is 0 Å². The Morgan fingerprint density at radius 3 is 2.35 bits per heavy atom. The second kappa shape index (κ2) is 6.11. The molecule has 116 valence electrons. The van der Waals surface area contributed by atoms with E-state index in [1.165, 1.54) is 0 Å². The van der Waals surface area contributed by atoms with E-state index in [2.05, 4.69) is 0 Å². The van der Waals surface area contributed by atoms with Crippen LogP contribution in [0.3, 0.4) is 0 Å². The summed E-state index contributed by atoms with van der Waals surface area (Å²) in [5.74, 6) is -1.66. The molecular weight excluding hydrogens is 359 g/mol. The first-order chi connectivity index (χ1) is 11.1. The van der Waals surface area contributed by atoms with Gasteiger partial charge in [-0.2, -0.15) is 0 Å². The summed E-state index contributed by atoms with van der Waals surface area (Å²) in [5.41, 5.74) is 0.799. The van der Waals surface area contributed by atoms with Crippen molar-refractivity contribution in [3.63, 3.8) is 0 Å². The van der Waals surface area contributed by atoms with Crippen molar-refractivity contribution in [2.75, 3.05) is 6.61 Å². The average Bonchev–Trinajstić information content (AvgIpc) is 2.89. The van der Waals surface area contributed by atoms with Crippen LogP contribution in [0.2, 0.25) is 4.31 Å². The van der Waals surface area contributed by atoms with Gasteiger partial charge in [-0.25, -0.2) is 0 Å². The van der Waals surface area contributed by atoms with E-state index in [-0.39, 0.29) is 6.61 Å². The quantitative estimate of drug-likeness (QED) is 0.355. The minimum absolute atomic E-state index is 0.127. The maximum atomic E-state index is 13.1. The molecule has 3 rings (SSSR count). The Bertz CT molecular complexity index is 785. The topological polar surface area (TPSA) is 60.4 Å². The second-order valence-corrected chi connectivity index (χ2v) is 7.66. The third kappa shape index (κ3) is 2.42. The molecule has 5 heteroatoms.